The number of carbonyl (C=O) groups is 2. The van der Waals surface area contributed by atoms with Crippen LogP contribution >= 0.6 is 0 Å². The number of ether oxygens (including phenoxy) is 2. The highest BCUT2D eigenvalue weighted by atomic mass is 16.8. The molecule has 0 amide bonds. The van der Waals surface area contributed by atoms with E-state index in [0.717, 1.165) is 5.56 Å². The lowest BCUT2D eigenvalue weighted by molar-refractivity contribution is -0.167. The topological polar surface area (TPSA) is 72.8 Å². The van der Waals surface area contributed by atoms with Crippen LogP contribution in [0.4, 0.5) is 0 Å². The van der Waals surface area contributed by atoms with E-state index in [2.05, 4.69) is 0 Å². The standard InChI is InChI=1S/C16H12O5/c1-10-7-8-12-13(9-10)21-16(20-12,15(18)19)14(17)11-5-3-2-4-6-11/h2-9H,1H3,(H,18,19). The Hall–Kier alpha value is -2.82. The Kier molecular flexibility index (Phi) is 2.90. The average Bonchev–Trinajstić information content (AvgIpc) is 2.87. The summed E-state index contributed by atoms with van der Waals surface area (Å²) >= 11 is 0. The minimum Gasteiger partial charge on any atom is -0.475 e. The number of hydrogen-bond donors (Lipinski definition) is 1. The third-order valence-corrected chi connectivity index (χ3v) is 3.22. The first kappa shape index (κ1) is 13.2. The fourth-order valence-corrected chi connectivity index (χ4v) is 2.17. The lowest BCUT2D eigenvalue weighted by Crippen LogP contribution is -2.54. The molecule has 0 spiro atoms. The molecule has 21 heavy (non-hydrogen) atoms. The Morgan fingerprint density at radius 1 is 1.00 bits per heavy atom. The summed E-state index contributed by atoms with van der Waals surface area (Å²) in [7, 11) is 0. The summed E-state index contributed by atoms with van der Waals surface area (Å²) in [5.74, 6) is -4.10. The van der Waals surface area contributed by atoms with E-state index in [0.29, 0.717) is 0 Å². The zero-order valence-corrected chi connectivity index (χ0v) is 11.2. The van der Waals surface area contributed by atoms with Crippen LogP contribution in [-0.2, 0) is 4.79 Å². The molecule has 0 aromatic heterocycles. The van der Waals surface area contributed by atoms with Crippen LogP contribution in [0.2, 0.25) is 0 Å². The van der Waals surface area contributed by atoms with Gasteiger partial charge in [-0.15, -0.1) is 0 Å². The highest BCUT2D eigenvalue weighted by Gasteiger charge is 2.56. The van der Waals surface area contributed by atoms with E-state index in [1.165, 1.54) is 12.1 Å². The molecule has 1 N–H and O–H groups in total. The molecule has 1 atom stereocenters. The van der Waals surface area contributed by atoms with Gasteiger partial charge in [0.1, 0.15) is 0 Å². The number of Topliss-reactive ketones (excluding diaryl/α,β-unsaturated/α-hetero) is 1. The van der Waals surface area contributed by atoms with Crippen LogP contribution < -0.4 is 9.47 Å². The van der Waals surface area contributed by atoms with E-state index in [9.17, 15) is 14.7 Å². The van der Waals surface area contributed by atoms with E-state index in [-0.39, 0.29) is 17.1 Å². The molecule has 2 aromatic rings. The van der Waals surface area contributed by atoms with Crippen molar-refractivity contribution < 1.29 is 24.2 Å². The van der Waals surface area contributed by atoms with Gasteiger partial charge in [-0.25, -0.2) is 4.79 Å². The van der Waals surface area contributed by atoms with Gasteiger partial charge in [0.2, 0.25) is 0 Å². The van der Waals surface area contributed by atoms with Gasteiger partial charge in [-0.2, -0.15) is 0 Å². The molecule has 0 aliphatic carbocycles. The van der Waals surface area contributed by atoms with Gasteiger partial charge < -0.3 is 14.6 Å². The number of aryl methyl sites for hydroxylation is 1. The fourth-order valence-electron chi connectivity index (χ4n) is 2.17. The maximum Gasteiger partial charge on any atom is 0.418 e. The van der Waals surface area contributed by atoms with Crippen molar-refractivity contribution in [2.45, 2.75) is 12.7 Å². The summed E-state index contributed by atoms with van der Waals surface area (Å²) in [5, 5.41) is 9.47. The van der Waals surface area contributed by atoms with Crippen molar-refractivity contribution in [3.8, 4) is 11.5 Å². The van der Waals surface area contributed by atoms with Crippen molar-refractivity contribution in [2.24, 2.45) is 0 Å². The van der Waals surface area contributed by atoms with Crippen LogP contribution in [0.3, 0.4) is 0 Å². The molecule has 1 unspecified atom stereocenters. The quantitative estimate of drug-likeness (QED) is 0.692. The van der Waals surface area contributed by atoms with Crippen molar-refractivity contribution >= 4 is 11.8 Å². The van der Waals surface area contributed by atoms with Crippen LogP contribution in [0.25, 0.3) is 0 Å². The number of rotatable bonds is 3. The van der Waals surface area contributed by atoms with Gasteiger partial charge in [0.25, 0.3) is 5.78 Å². The minimum atomic E-state index is -2.36. The van der Waals surface area contributed by atoms with E-state index >= 15 is 0 Å². The van der Waals surface area contributed by atoms with Crippen molar-refractivity contribution in [1.82, 2.24) is 0 Å². The Morgan fingerprint density at radius 2 is 1.67 bits per heavy atom. The summed E-state index contributed by atoms with van der Waals surface area (Å²) in [4.78, 5) is 24.2. The van der Waals surface area contributed by atoms with E-state index in [1.54, 1.807) is 36.4 Å². The minimum absolute atomic E-state index is 0.212. The predicted molar refractivity (Wildman–Crippen MR) is 73.6 cm³/mol. The lowest BCUT2D eigenvalue weighted by Gasteiger charge is -2.21. The molecule has 5 nitrogen and oxygen atoms in total. The smallest absolute Gasteiger partial charge is 0.418 e. The van der Waals surface area contributed by atoms with Gasteiger partial charge in [0, 0.05) is 5.56 Å². The third-order valence-electron chi connectivity index (χ3n) is 3.22. The maximum absolute atomic E-state index is 12.5. The van der Waals surface area contributed by atoms with Gasteiger partial charge in [-0.05, 0) is 24.6 Å². The summed E-state index contributed by atoms with van der Waals surface area (Å²) < 4.78 is 10.7. The van der Waals surface area contributed by atoms with Gasteiger partial charge >= 0.3 is 11.8 Å². The highest BCUT2D eigenvalue weighted by Crippen LogP contribution is 2.41. The van der Waals surface area contributed by atoms with Gasteiger partial charge in [0.15, 0.2) is 11.5 Å². The Labute approximate surface area is 120 Å². The SMILES string of the molecule is Cc1ccc2c(c1)OC(C(=O)O)(C(=O)c1ccccc1)O2. The van der Waals surface area contributed by atoms with Crippen LogP contribution in [0.5, 0.6) is 11.5 Å². The first-order chi connectivity index (χ1) is 10.0. The summed E-state index contributed by atoms with van der Waals surface area (Å²) in [5.41, 5.74) is 1.09. The number of carboxylic acid groups (broad SMARTS) is 1. The van der Waals surface area contributed by atoms with E-state index in [4.69, 9.17) is 9.47 Å². The molecule has 0 bridgehead atoms. The summed E-state index contributed by atoms with van der Waals surface area (Å²) in [6.45, 7) is 1.84. The van der Waals surface area contributed by atoms with Crippen molar-refractivity contribution in [3.05, 3.63) is 59.7 Å². The number of fused-ring (bicyclic) bond motifs is 1. The zero-order chi connectivity index (χ0) is 15.0. The summed E-state index contributed by atoms with van der Waals surface area (Å²) in [6, 6.07) is 13.1. The van der Waals surface area contributed by atoms with Gasteiger partial charge in [-0.3, -0.25) is 4.79 Å². The largest absolute Gasteiger partial charge is 0.475 e. The van der Waals surface area contributed by atoms with Crippen LogP contribution in [-0.4, -0.2) is 22.6 Å². The second kappa shape index (κ2) is 4.63. The molecule has 0 fully saturated rings. The molecule has 1 heterocycles. The summed E-state index contributed by atoms with van der Waals surface area (Å²) in [6.07, 6.45) is 0. The third kappa shape index (κ3) is 2.03. The second-order valence-corrected chi connectivity index (χ2v) is 4.77. The van der Waals surface area contributed by atoms with Crippen LogP contribution in [0.15, 0.2) is 48.5 Å². The molecule has 5 heteroatoms. The molecule has 3 rings (SSSR count). The van der Waals surface area contributed by atoms with Crippen LogP contribution in [0, 0.1) is 6.92 Å². The zero-order valence-electron chi connectivity index (χ0n) is 11.2. The molecule has 2 aromatic carbocycles. The first-order valence-corrected chi connectivity index (χ1v) is 6.35. The van der Waals surface area contributed by atoms with E-state index < -0.39 is 17.5 Å². The molecule has 0 radical (unpaired) electrons. The second-order valence-electron chi connectivity index (χ2n) is 4.77. The number of ketones is 1. The lowest BCUT2D eigenvalue weighted by atomic mass is 10.0. The van der Waals surface area contributed by atoms with Crippen LogP contribution in [0.1, 0.15) is 15.9 Å². The average molecular weight is 284 g/mol. The highest BCUT2D eigenvalue weighted by molar-refractivity contribution is 6.14. The van der Waals surface area contributed by atoms with Crippen molar-refractivity contribution in [1.29, 1.82) is 0 Å². The Bertz CT molecular complexity index is 723. The molecule has 106 valence electrons. The monoisotopic (exact) mass is 284 g/mol. The van der Waals surface area contributed by atoms with Crippen molar-refractivity contribution in [3.63, 3.8) is 0 Å². The number of aliphatic carboxylic acids is 1. The maximum atomic E-state index is 12.5. The molecular weight excluding hydrogens is 272 g/mol. The molecule has 1 aliphatic rings. The number of benzene rings is 2. The molecule has 0 saturated carbocycles. The van der Waals surface area contributed by atoms with Crippen molar-refractivity contribution in [2.75, 3.05) is 0 Å². The Balaban J connectivity index is 2.05. The number of carbonyl (C=O) groups excluding carboxylic acids is 1. The normalized spacial score (nSPS) is 19.3. The number of carboxylic acids is 1. The van der Waals surface area contributed by atoms with Gasteiger partial charge in [-0.1, -0.05) is 36.4 Å². The van der Waals surface area contributed by atoms with E-state index in [1.807, 2.05) is 6.92 Å². The fraction of sp³-hybridized carbons (Fsp3) is 0.125. The molecule has 1 aliphatic heterocycles. The predicted octanol–water partition coefficient (Wildman–Crippen LogP) is 2.43. The first-order valence-electron chi connectivity index (χ1n) is 6.35. The van der Waals surface area contributed by atoms with Gasteiger partial charge in [0.05, 0.1) is 0 Å². The molecular formula is C16H12O5. The Morgan fingerprint density at radius 3 is 2.33 bits per heavy atom. The number of hydrogen-bond acceptors (Lipinski definition) is 4. The molecule has 0 saturated heterocycles.